The van der Waals surface area contributed by atoms with E-state index < -0.39 is 39.7 Å². The van der Waals surface area contributed by atoms with Crippen molar-refractivity contribution in [1.29, 1.82) is 5.26 Å². The number of nitriles is 1. The third-order valence-electron chi connectivity index (χ3n) is 2.27. The van der Waals surface area contributed by atoms with Crippen molar-refractivity contribution in [2.45, 2.75) is 26.2 Å². The number of rotatable bonds is 0. The third kappa shape index (κ3) is 1.97. The Kier molecular flexibility index (Phi) is 3.15. The van der Waals surface area contributed by atoms with Crippen molar-refractivity contribution in [3.63, 3.8) is 0 Å². The molecule has 0 bridgehead atoms. The minimum absolute atomic E-state index is 0.443. The molecule has 0 saturated carbocycles. The summed E-state index contributed by atoms with van der Waals surface area (Å²) in [5.74, 6) is -3.91. The number of halogens is 3. The van der Waals surface area contributed by atoms with Crippen LogP contribution >= 0.6 is 0 Å². The molecule has 0 aliphatic carbocycles. The molecule has 1 aromatic carbocycles. The molecule has 0 heterocycles. The van der Waals surface area contributed by atoms with Gasteiger partial charge in [-0.05, 0) is 5.41 Å². The van der Waals surface area contributed by atoms with Gasteiger partial charge >= 0.3 is 0 Å². The van der Waals surface area contributed by atoms with Gasteiger partial charge in [-0.2, -0.15) is 5.26 Å². The highest BCUT2D eigenvalue weighted by Gasteiger charge is 2.31. The summed E-state index contributed by atoms with van der Waals surface area (Å²) in [5.41, 5.74) is -3.26. The van der Waals surface area contributed by atoms with Crippen molar-refractivity contribution in [3.05, 3.63) is 40.0 Å². The van der Waals surface area contributed by atoms with Crippen molar-refractivity contribution >= 4 is 5.69 Å². The average Bonchev–Trinajstić information content (AvgIpc) is 2.16. The van der Waals surface area contributed by atoms with Gasteiger partial charge in [0.2, 0.25) is 0 Å². The first-order valence-electron chi connectivity index (χ1n) is 4.74. The van der Waals surface area contributed by atoms with Crippen LogP contribution in [0.25, 0.3) is 4.85 Å². The lowest BCUT2D eigenvalue weighted by molar-refractivity contribution is 0.464. The Hall–Kier alpha value is -2.01. The Morgan fingerprint density at radius 3 is 2.00 bits per heavy atom. The first-order chi connectivity index (χ1) is 7.75. The lowest BCUT2D eigenvalue weighted by atomic mass is 9.84. The molecular formula is C12H9F3N2. The predicted molar refractivity (Wildman–Crippen MR) is 56.0 cm³/mol. The molecule has 5 heteroatoms. The van der Waals surface area contributed by atoms with Gasteiger partial charge in [0, 0.05) is 5.56 Å². The molecule has 0 saturated heterocycles. The van der Waals surface area contributed by atoms with Crippen LogP contribution in [0.4, 0.5) is 18.9 Å². The zero-order valence-corrected chi connectivity index (χ0v) is 9.53. The average molecular weight is 238 g/mol. The van der Waals surface area contributed by atoms with Gasteiger partial charge in [0.15, 0.2) is 5.82 Å². The second-order valence-corrected chi connectivity index (χ2v) is 4.51. The minimum Gasteiger partial charge on any atom is -0.232 e. The van der Waals surface area contributed by atoms with Crippen molar-refractivity contribution in [3.8, 4) is 6.07 Å². The topological polar surface area (TPSA) is 28.1 Å². The molecule has 0 aliphatic rings. The van der Waals surface area contributed by atoms with E-state index in [1.54, 1.807) is 0 Å². The first kappa shape index (κ1) is 13.1. The molecule has 0 fully saturated rings. The highest BCUT2D eigenvalue weighted by molar-refractivity contribution is 5.58. The quantitative estimate of drug-likeness (QED) is 0.631. The maximum Gasteiger partial charge on any atom is 0.258 e. The maximum atomic E-state index is 13.8. The van der Waals surface area contributed by atoms with E-state index >= 15 is 0 Å². The van der Waals surface area contributed by atoms with E-state index in [9.17, 15) is 13.2 Å². The van der Waals surface area contributed by atoms with E-state index in [0.29, 0.717) is 0 Å². The van der Waals surface area contributed by atoms with Gasteiger partial charge < -0.3 is 0 Å². The molecule has 0 radical (unpaired) electrons. The number of hydrogen-bond acceptors (Lipinski definition) is 1. The van der Waals surface area contributed by atoms with E-state index in [0.717, 1.165) is 0 Å². The van der Waals surface area contributed by atoms with Crippen LogP contribution in [-0.2, 0) is 5.41 Å². The van der Waals surface area contributed by atoms with Crippen LogP contribution in [0.15, 0.2) is 0 Å². The maximum absolute atomic E-state index is 13.8. The molecule has 0 unspecified atom stereocenters. The standard InChI is InChI=1S/C12H9F3N2/c1-12(2,3)7-8(13)6(5-16)9(14)11(17-4)10(7)15/h1-3H3. The van der Waals surface area contributed by atoms with Gasteiger partial charge in [-0.25, -0.2) is 18.0 Å². The molecule has 0 aromatic heterocycles. The van der Waals surface area contributed by atoms with E-state index in [1.165, 1.54) is 26.8 Å². The van der Waals surface area contributed by atoms with Crippen LogP contribution in [0, 0.1) is 35.4 Å². The summed E-state index contributed by atoms with van der Waals surface area (Å²) in [6.45, 7) is 11.2. The van der Waals surface area contributed by atoms with Gasteiger partial charge in [0.1, 0.15) is 23.3 Å². The zero-order chi connectivity index (χ0) is 13.4. The monoisotopic (exact) mass is 238 g/mol. The molecule has 0 N–H and O–H groups in total. The number of nitrogens with zero attached hydrogens (tertiary/aromatic N) is 2. The molecule has 1 rings (SSSR count). The Labute approximate surface area is 97.1 Å². The van der Waals surface area contributed by atoms with E-state index in [4.69, 9.17) is 11.8 Å². The van der Waals surface area contributed by atoms with Crippen molar-refractivity contribution in [2.75, 3.05) is 0 Å². The van der Waals surface area contributed by atoms with Gasteiger partial charge in [-0.3, -0.25) is 0 Å². The molecular weight excluding hydrogens is 229 g/mol. The van der Waals surface area contributed by atoms with Crippen molar-refractivity contribution in [1.82, 2.24) is 0 Å². The summed E-state index contributed by atoms with van der Waals surface area (Å²) >= 11 is 0. The Morgan fingerprint density at radius 1 is 1.12 bits per heavy atom. The normalized spacial score (nSPS) is 10.8. The largest absolute Gasteiger partial charge is 0.258 e. The fourth-order valence-electron chi connectivity index (χ4n) is 1.51. The zero-order valence-electron chi connectivity index (χ0n) is 9.53. The van der Waals surface area contributed by atoms with Gasteiger partial charge in [-0.15, -0.1) is 0 Å². The summed E-state index contributed by atoms with van der Waals surface area (Å²) in [4.78, 5) is 2.68. The molecule has 88 valence electrons. The molecule has 0 atom stereocenters. The third-order valence-corrected chi connectivity index (χ3v) is 2.27. The van der Waals surface area contributed by atoms with Crippen LogP contribution in [0.1, 0.15) is 31.9 Å². The predicted octanol–water partition coefficient (Wildman–Crippen LogP) is 3.82. The number of benzene rings is 1. The lowest BCUT2D eigenvalue weighted by Crippen LogP contribution is -2.18. The van der Waals surface area contributed by atoms with E-state index in [2.05, 4.69) is 4.85 Å². The van der Waals surface area contributed by atoms with E-state index in [1.807, 2.05) is 0 Å². The van der Waals surface area contributed by atoms with Gasteiger partial charge in [0.25, 0.3) is 5.69 Å². The molecule has 17 heavy (non-hydrogen) atoms. The Balaban J connectivity index is 3.89. The molecule has 0 amide bonds. The first-order valence-corrected chi connectivity index (χ1v) is 4.74. The van der Waals surface area contributed by atoms with Crippen LogP contribution < -0.4 is 0 Å². The fraction of sp³-hybridized carbons (Fsp3) is 0.333. The molecule has 0 spiro atoms. The fourth-order valence-corrected chi connectivity index (χ4v) is 1.51. The van der Waals surface area contributed by atoms with E-state index in [-0.39, 0.29) is 0 Å². The summed E-state index contributed by atoms with van der Waals surface area (Å²) in [5, 5.41) is 8.64. The van der Waals surface area contributed by atoms with Crippen LogP contribution in [0.3, 0.4) is 0 Å². The van der Waals surface area contributed by atoms with Gasteiger partial charge in [0.05, 0.1) is 6.57 Å². The molecule has 1 aromatic rings. The van der Waals surface area contributed by atoms with Crippen LogP contribution in [0.2, 0.25) is 0 Å². The lowest BCUT2D eigenvalue weighted by Gasteiger charge is -2.22. The molecule has 0 aliphatic heterocycles. The summed E-state index contributed by atoms with van der Waals surface area (Å²) < 4.78 is 41.1. The minimum atomic E-state index is -1.44. The molecule has 2 nitrogen and oxygen atoms in total. The summed E-state index contributed by atoms with van der Waals surface area (Å²) in [6.07, 6.45) is 0. The Bertz CT molecular complexity index is 516. The highest BCUT2D eigenvalue weighted by Crippen LogP contribution is 2.37. The smallest absolute Gasteiger partial charge is 0.232 e. The van der Waals surface area contributed by atoms with Gasteiger partial charge in [-0.1, -0.05) is 20.8 Å². The summed E-state index contributed by atoms with van der Waals surface area (Å²) in [7, 11) is 0. The second-order valence-electron chi connectivity index (χ2n) is 4.51. The highest BCUT2D eigenvalue weighted by atomic mass is 19.1. The second kappa shape index (κ2) is 4.10. The van der Waals surface area contributed by atoms with Crippen LogP contribution in [0.5, 0.6) is 0 Å². The summed E-state index contributed by atoms with van der Waals surface area (Å²) in [6, 6.07) is 1.32. The number of hydrogen-bond donors (Lipinski definition) is 0. The van der Waals surface area contributed by atoms with Crippen LogP contribution in [-0.4, -0.2) is 0 Å². The Morgan fingerprint density at radius 2 is 1.65 bits per heavy atom. The SMILES string of the molecule is [C-]#[N+]c1c(F)c(C#N)c(F)c(C(C)(C)C)c1F. The van der Waals surface area contributed by atoms with Crippen molar-refractivity contribution in [2.24, 2.45) is 0 Å². The van der Waals surface area contributed by atoms with Crippen molar-refractivity contribution < 1.29 is 13.2 Å².